The number of carbonyl (C=O) groups is 1. The van der Waals surface area contributed by atoms with Crippen molar-refractivity contribution in [2.75, 3.05) is 13.9 Å². The maximum absolute atomic E-state index is 11.2. The number of hydrogen-bond acceptors (Lipinski definition) is 6. The first-order valence-corrected chi connectivity index (χ1v) is 6.67. The van der Waals surface area contributed by atoms with Crippen molar-refractivity contribution >= 4 is 6.29 Å². The summed E-state index contributed by atoms with van der Waals surface area (Å²) >= 11 is 0. The van der Waals surface area contributed by atoms with E-state index in [4.69, 9.17) is 14.2 Å². The third-order valence-corrected chi connectivity index (χ3v) is 2.95. The predicted molar refractivity (Wildman–Crippen MR) is 75.5 cm³/mol. The topological polar surface area (TPSA) is 85.2 Å². The molecule has 118 valence electrons. The van der Waals surface area contributed by atoms with E-state index >= 15 is 0 Å². The van der Waals surface area contributed by atoms with E-state index in [0.29, 0.717) is 6.29 Å². The van der Waals surface area contributed by atoms with E-state index in [1.807, 2.05) is 30.3 Å². The average Bonchev–Trinajstić information content (AvgIpc) is 2.50. The molecule has 0 heterocycles. The van der Waals surface area contributed by atoms with Gasteiger partial charge in [0.2, 0.25) is 0 Å². The van der Waals surface area contributed by atoms with Gasteiger partial charge < -0.3 is 29.2 Å². The molecule has 6 heteroatoms. The Morgan fingerprint density at radius 3 is 2.38 bits per heavy atom. The van der Waals surface area contributed by atoms with Crippen LogP contribution in [0.2, 0.25) is 0 Å². The number of aliphatic hydroxyl groups is 2. The molecule has 1 rings (SSSR count). The van der Waals surface area contributed by atoms with Gasteiger partial charge in [0.15, 0.2) is 6.29 Å². The van der Waals surface area contributed by atoms with E-state index < -0.39 is 24.4 Å². The Hall–Kier alpha value is -1.31. The summed E-state index contributed by atoms with van der Waals surface area (Å²) in [5.41, 5.74) is 0.890. The van der Waals surface area contributed by atoms with Crippen molar-refractivity contribution in [1.82, 2.24) is 0 Å². The Labute approximate surface area is 124 Å². The van der Waals surface area contributed by atoms with Crippen LogP contribution in [0.3, 0.4) is 0 Å². The van der Waals surface area contributed by atoms with Crippen molar-refractivity contribution < 1.29 is 29.2 Å². The molecule has 1 aromatic rings. The lowest BCUT2D eigenvalue weighted by Gasteiger charge is -2.29. The van der Waals surface area contributed by atoms with E-state index in [1.165, 1.54) is 14.0 Å². The maximum Gasteiger partial charge on any atom is 0.151 e. The standard InChI is InChI=1S/C15H22O6/c1-11(17)14(18)15(21-10-19-2)13(8-16)20-9-12-6-4-3-5-7-12/h3-8,11,13-15,17-18H,9-10H2,1-2H3/t11-,13+,14-,15+/m1/s1. The molecule has 21 heavy (non-hydrogen) atoms. The summed E-state index contributed by atoms with van der Waals surface area (Å²) in [4.78, 5) is 11.2. The number of benzene rings is 1. The number of hydrogen-bond donors (Lipinski definition) is 2. The van der Waals surface area contributed by atoms with E-state index in [0.717, 1.165) is 5.56 Å². The van der Waals surface area contributed by atoms with Crippen LogP contribution in [0.4, 0.5) is 0 Å². The fraction of sp³-hybridized carbons (Fsp3) is 0.533. The van der Waals surface area contributed by atoms with Crippen LogP contribution in [-0.2, 0) is 25.6 Å². The molecule has 0 aromatic heterocycles. The summed E-state index contributed by atoms with van der Waals surface area (Å²) < 4.78 is 15.5. The first-order valence-electron chi connectivity index (χ1n) is 6.67. The molecular weight excluding hydrogens is 276 g/mol. The second-order valence-corrected chi connectivity index (χ2v) is 4.67. The molecule has 4 atom stereocenters. The Morgan fingerprint density at radius 1 is 1.19 bits per heavy atom. The molecule has 6 nitrogen and oxygen atoms in total. The van der Waals surface area contributed by atoms with Gasteiger partial charge in [-0.2, -0.15) is 0 Å². The number of ether oxygens (including phenoxy) is 3. The van der Waals surface area contributed by atoms with Crippen molar-refractivity contribution in [3.8, 4) is 0 Å². The number of rotatable bonds is 10. The van der Waals surface area contributed by atoms with Crippen molar-refractivity contribution in [2.45, 2.75) is 37.9 Å². The number of carbonyl (C=O) groups excluding carboxylic acids is 1. The van der Waals surface area contributed by atoms with Crippen LogP contribution in [0.5, 0.6) is 0 Å². The highest BCUT2D eigenvalue weighted by atomic mass is 16.7. The van der Waals surface area contributed by atoms with E-state index in [-0.39, 0.29) is 13.4 Å². The van der Waals surface area contributed by atoms with Crippen LogP contribution >= 0.6 is 0 Å². The van der Waals surface area contributed by atoms with Gasteiger partial charge in [0.1, 0.15) is 25.1 Å². The molecule has 0 aliphatic heterocycles. The van der Waals surface area contributed by atoms with Crippen LogP contribution in [-0.4, -0.2) is 54.8 Å². The SMILES string of the molecule is COCO[C@H]([C@H](O)[C@@H](C)O)[C@H](C=O)OCc1ccccc1. The van der Waals surface area contributed by atoms with E-state index in [1.54, 1.807) is 0 Å². The highest BCUT2D eigenvalue weighted by molar-refractivity contribution is 5.57. The Balaban J connectivity index is 2.69. The summed E-state index contributed by atoms with van der Waals surface area (Å²) in [6.07, 6.45) is -3.79. The number of aldehydes is 1. The van der Waals surface area contributed by atoms with Gasteiger partial charge in [-0.1, -0.05) is 30.3 Å². The van der Waals surface area contributed by atoms with Crippen LogP contribution in [0.15, 0.2) is 30.3 Å². The molecule has 0 saturated heterocycles. The van der Waals surface area contributed by atoms with Gasteiger partial charge in [-0.15, -0.1) is 0 Å². The van der Waals surface area contributed by atoms with Gasteiger partial charge in [-0.05, 0) is 12.5 Å². The first kappa shape index (κ1) is 17.7. The largest absolute Gasteiger partial charge is 0.391 e. The molecule has 0 fully saturated rings. The van der Waals surface area contributed by atoms with Crippen LogP contribution in [0, 0.1) is 0 Å². The van der Waals surface area contributed by atoms with Crippen LogP contribution in [0.25, 0.3) is 0 Å². The molecule has 2 N–H and O–H groups in total. The highest BCUT2D eigenvalue weighted by Crippen LogP contribution is 2.13. The van der Waals surface area contributed by atoms with Gasteiger partial charge >= 0.3 is 0 Å². The zero-order chi connectivity index (χ0) is 15.7. The molecule has 0 aliphatic rings. The lowest BCUT2D eigenvalue weighted by Crippen LogP contribution is -2.47. The van der Waals surface area contributed by atoms with Crippen molar-refractivity contribution in [3.05, 3.63) is 35.9 Å². The molecule has 1 aromatic carbocycles. The Morgan fingerprint density at radius 2 is 1.86 bits per heavy atom. The van der Waals surface area contributed by atoms with Crippen molar-refractivity contribution in [1.29, 1.82) is 0 Å². The smallest absolute Gasteiger partial charge is 0.151 e. The average molecular weight is 298 g/mol. The fourth-order valence-corrected chi connectivity index (χ4v) is 1.79. The number of aliphatic hydroxyl groups excluding tert-OH is 2. The van der Waals surface area contributed by atoms with Gasteiger partial charge in [-0.3, -0.25) is 0 Å². The molecule has 0 bridgehead atoms. The summed E-state index contributed by atoms with van der Waals surface area (Å²) in [5.74, 6) is 0. The third kappa shape index (κ3) is 5.91. The van der Waals surface area contributed by atoms with Crippen LogP contribution < -0.4 is 0 Å². The van der Waals surface area contributed by atoms with E-state index in [2.05, 4.69) is 0 Å². The second kappa shape index (κ2) is 9.59. The minimum Gasteiger partial charge on any atom is -0.391 e. The molecule has 0 unspecified atom stereocenters. The summed E-state index contributed by atoms with van der Waals surface area (Å²) in [7, 11) is 1.42. The van der Waals surface area contributed by atoms with E-state index in [9.17, 15) is 15.0 Å². The first-order chi connectivity index (χ1) is 10.1. The summed E-state index contributed by atoms with van der Waals surface area (Å²) in [6, 6.07) is 9.31. The minimum atomic E-state index is -1.26. The molecular formula is C15H22O6. The third-order valence-electron chi connectivity index (χ3n) is 2.95. The van der Waals surface area contributed by atoms with Crippen molar-refractivity contribution in [3.63, 3.8) is 0 Å². The highest BCUT2D eigenvalue weighted by Gasteiger charge is 2.33. The minimum absolute atomic E-state index is 0.118. The summed E-state index contributed by atoms with van der Waals surface area (Å²) in [5, 5.41) is 19.4. The lowest BCUT2D eigenvalue weighted by molar-refractivity contribution is -0.182. The molecule has 0 radical (unpaired) electrons. The lowest BCUT2D eigenvalue weighted by atomic mass is 10.0. The normalized spacial score (nSPS) is 17.0. The van der Waals surface area contributed by atoms with Crippen molar-refractivity contribution in [2.24, 2.45) is 0 Å². The maximum atomic E-state index is 11.2. The van der Waals surface area contributed by atoms with Gasteiger partial charge in [0.25, 0.3) is 0 Å². The number of methoxy groups -OCH3 is 1. The summed E-state index contributed by atoms with van der Waals surface area (Å²) in [6.45, 7) is 1.49. The predicted octanol–water partition coefficient (Wildman–Crippen LogP) is 0.501. The Kier molecular flexibility index (Phi) is 8.11. The molecule has 0 spiro atoms. The fourth-order valence-electron chi connectivity index (χ4n) is 1.79. The van der Waals surface area contributed by atoms with Gasteiger partial charge in [-0.25, -0.2) is 0 Å². The molecule has 0 amide bonds. The van der Waals surface area contributed by atoms with Gasteiger partial charge in [0, 0.05) is 7.11 Å². The van der Waals surface area contributed by atoms with Crippen LogP contribution in [0.1, 0.15) is 12.5 Å². The second-order valence-electron chi connectivity index (χ2n) is 4.67. The monoisotopic (exact) mass is 298 g/mol. The van der Waals surface area contributed by atoms with Gasteiger partial charge in [0.05, 0.1) is 12.7 Å². The molecule has 0 saturated carbocycles. The Bertz CT molecular complexity index is 394. The zero-order valence-corrected chi connectivity index (χ0v) is 12.2. The molecule has 0 aliphatic carbocycles. The quantitative estimate of drug-likeness (QED) is 0.483. The zero-order valence-electron chi connectivity index (χ0n) is 12.2.